The summed E-state index contributed by atoms with van der Waals surface area (Å²) >= 11 is 1.74. The van der Waals surface area contributed by atoms with Gasteiger partial charge in [-0.3, -0.25) is 10.1 Å². The summed E-state index contributed by atoms with van der Waals surface area (Å²) in [5, 5.41) is 6.25. The summed E-state index contributed by atoms with van der Waals surface area (Å²) in [5.41, 5.74) is 2.32. The van der Waals surface area contributed by atoms with E-state index in [0.29, 0.717) is 6.54 Å². The maximum Gasteiger partial charge on any atom is 0.234 e. The topological polar surface area (TPSA) is 54.3 Å². The van der Waals surface area contributed by atoms with E-state index in [2.05, 4.69) is 41.8 Å². The Morgan fingerprint density at radius 2 is 1.81 bits per heavy atom. The van der Waals surface area contributed by atoms with Crippen molar-refractivity contribution in [2.75, 3.05) is 18.8 Å². The van der Waals surface area contributed by atoms with Crippen LogP contribution in [0.25, 0.3) is 0 Å². The molecule has 0 aliphatic rings. The Morgan fingerprint density at radius 3 is 2.52 bits per heavy atom. The number of hydrogen-bond acceptors (Lipinski definition) is 4. The van der Waals surface area contributed by atoms with E-state index >= 15 is 0 Å². The minimum atomic E-state index is -0.145. The van der Waals surface area contributed by atoms with Gasteiger partial charge in [-0.2, -0.15) is 0 Å². The average Bonchev–Trinajstić information content (AvgIpc) is 3.22. The largest absolute Gasteiger partial charge is 0.467 e. The first-order valence-corrected chi connectivity index (χ1v) is 9.99. The summed E-state index contributed by atoms with van der Waals surface area (Å²) in [6.07, 6.45) is 1.65. The van der Waals surface area contributed by atoms with E-state index in [1.807, 2.05) is 42.5 Å². The van der Waals surface area contributed by atoms with Gasteiger partial charge in [-0.1, -0.05) is 48.0 Å². The second-order valence-electron chi connectivity index (χ2n) is 6.25. The highest BCUT2D eigenvalue weighted by molar-refractivity contribution is 7.99. The third-order valence-electron chi connectivity index (χ3n) is 4.14. The molecule has 1 heterocycles. The zero-order valence-electron chi connectivity index (χ0n) is 15.4. The van der Waals surface area contributed by atoms with Gasteiger partial charge in [0.25, 0.3) is 0 Å². The van der Waals surface area contributed by atoms with E-state index in [1.165, 1.54) is 10.5 Å². The molecule has 0 aliphatic heterocycles. The zero-order valence-corrected chi connectivity index (χ0v) is 16.2. The lowest BCUT2D eigenvalue weighted by Gasteiger charge is -2.17. The van der Waals surface area contributed by atoms with Crippen molar-refractivity contribution in [2.24, 2.45) is 0 Å². The fourth-order valence-electron chi connectivity index (χ4n) is 2.73. The van der Waals surface area contributed by atoms with Gasteiger partial charge in [-0.25, -0.2) is 0 Å². The summed E-state index contributed by atoms with van der Waals surface area (Å²) in [6, 6.07) is 22.0. The lowest BCUT2D eigenvalue weighted by molar-refractivity contribution is -0.120. The quantitative estimate of drug-likeness (QED) is 0.432. The van der Waals surface area contributed by atoms with Gasteiger partial charge in [-0.05, 0) is 36.8 Å². The minimum Gasteiger partial charge on any atom is -0.467 e. The van der Waals surface area contributed by atoms with Gasteiger partial charge >= 0.3 is 0 Å². The fraction of sp³-hybridized carbons (Fsp3) is 0.227. The predicted molar refractivity (Wildman–Crippen MR) is 110 cm³/mol. The molecule has 27 heavy (non-hydrogen) atoms. The van der Waals surface area contributed by atoms with Crippen LogP contribution in [0, 0.1) is 6.92 Å². The molecule has 1 aromatic heterocycles. The van der Waals surface area contributed by atoms with Gasteiger partial charge in [0.15, 0.2) is 0 Å². The molecule has 0 aliphatic carbocycles. The number of rotatable bonds is 9. The molecule has 2 aromatic carbocycles. The summed E-state index contributed by atoms with van der Waals surface area (Å²) in [5.74, 6) is 1.62. The Morgan fingerprint density at radius 1 is 1.04 bits per heavy atom. The van der Waals surface area contributed by atoms with Gasteiger partial charge in [0.1, 0.15) is 5.76 Å². The number of hydrogen-bond donors (Lipinski definition) is 2. The molecule has 0 radical (unpaired) electrons. The van der Waals surface area contributed by atoms with E-state index in [4.69, 9.17) is 4.42 Å². The number of furan rings is 1. The molecule has 1 atom stereocenters. The third-order valence-corrected chi connectivity index (χ3v) is 5.16. The van der Waals surface area contributed by atoms with Crippen LogP contribution in [0.15, 0.2) is 82.3 Å². The van der Waals surface area contributed by atoms with Crippen LogP contribution in [0.2, 0.25) is 0 Å². The second-order valence-corrected chi connectivity index (χ2v) is 7.42. The van der Waals surface area contributed by atoms with Crippen LogP contribution >= 0.6 is 11.8 Å². The molecular formula is C22H24N2O2S. The van der Waals surface area contributed by atoms with Gasteiger partial charge < -0.3 is 9.73 Å². The Hall–Kier alpha value is -2.50. The molecule has 3 aromatic rings. The highest BCUT2D eigenvalue weighted by Gasteiger charge is 2.17. The highest BCUT2D eigenvalue weighted by Crippen LogP contribution is 2.22. The normalized spacial score (nSPS) is 11.9. The Bertz CT molecular complexity index is 817. The highest BCUT2D eigenvalue weighted by atomic mass is 32.2. The molecule has 1 amide bonds. The first-order valence-electron chi connectivity index (χ1n) is 9.00. The Kier molecular flexibility index (Phi) is 7.13. The molecule has 2 N–H and O–H groups in total. The van der Waals surface area contributed by atoms with Crippen LogP contribution in [-0.4, -0.2) is 24.7 Å². The van der Waals surface area contributed by atoms with Crippen LogP contribution in [0.3, 0.4) is 0 Å². The van der Waals surface area contributed by atoms with Crippen molar-refractivity contribution >= 4 is 17.7 Å². The van der Waals surface area contributed by atoms with Crippen LogP contribution in [0.1, 0.15) is 22.9 Å². The van der Waals surface area contributed by atoms with Crippen LogP contribution in [-0.2, 0) is 4.79 Å². The van der Waals surface area contributed by atoms with Crippen molar-refractivity contribution < 1.29 is 9.21 Å². The second kappa shape index (κ2) is 10.00. The fourth-order valence-corrected chi connectivity index (χ4v) is 3.50. The van der Waals surface area contributed by atoms with Crippen LogP contribution < -0.4 is 10.6 Å². The number of benzene rings is 2. The van der Waals surface area contributed by atoms with Crippen LogP contribution in [0.5, 0.6) is 0 Å². The minimum absolute atomic E-state index is 0.0213. The van der Waals surface area contributed by atoms with Gasteiger partial charge in [0.05, 0.1) is 18.8 Å². The van der Waals surface area contributed by atoms with E-state index in [0.717, 1.165) is 17.1 Å². The zero-order chi connectivity index (χ0) is 18.9. The molecule has 4 nitrogen and oxygen atoms in total. The number of amides is 1. The van der Waals surface area contributed by atoms with E-state index < -0.39 is 0 Å². The van der Waals surface area contributed by atoms with Crippen molar-refractivity contribution in [2.45, 2.75) is 17.9 Å². The molecule has 140 valence electrons. The van der Waals surface area contributed by atoms with E-state index in [-0.39, 0.29) is 18.5 Å². The molecule has 5 heteroatoms. The van der Waals surface area contributed by atoms with Gasteiger partial charge in [0, 0.05) is 17.2 Å². The average molecular weight is 381 g/mol. The van der Waals surface area contributed by atoms with E-state index in [9.17, 15) is 4.79 Å². The Labute approximate surface area is 164 Å². The van der Waals surface area contributed by atoms with Crippen molar-refractivity contribution in [3.8, 4) is 0 Å². The first kappa shape index (κ1) is 19.3. The predicted octanol–water partition coefficient (Wildman–Crippen LogP) is 4.18. The number of thioether (sulfide) groups is 1. The van der Waals surface area contributed by atoms with E-state index in [1.54, 1.807) is 18.0 Å². The summed E-state index contributed by atoms with van der Waals surface area (Å²) < 4.78 is 5.54. The number of aryl methyl sites for hydroxylation is 1. The first-order chi connectivity index (χ1) is 13.2. The SMILES string of the molecule is Cc1ccc(SCCNC(=O)CN[C@H](c2ccccc2)c2ccco2)cc1. The summed E-state index contributed by atoms with van der Waals surface area (Å²) in [4.78, 5) is 13.4. The standard InChI is InChI=1S/C22H24N2O2S/c1-17-9-11-19(12-10-17)27-15-13-23-21(25)16-24-22(20-8-5-14-26-20)18-6-3-2-4-7-18/h2-12,14,22,24H,13,15-16H2,1H3,(H,23,25)/t22-/m1/s1. The summed E-state index contributed by atoms with van der Waals surface area (Å²) in [7, 11) is 0. The molecule has 0 fully saturated rings. The van der Waals surface area contributed by atoms with Crippen molar-refractivity contribution in [1.82, 2.24) is 10.6 Å². The molecular weight excluding hydrogens is 356 g/mol. The molecule has 0 bridgehead atoms. The molecule has 0 saturated carbocycles. The molecule has 0 saturated heterocycles. The Balaban J connectivity index is 1.44. The third kappa shape index (κ3) is 6.01. The lowest BCUT2D eigenvalue weighted by Crippen LogP contribution is -2.37. The maximum atomic E-state index is 12.2. The number of carbonyl (C=O) groups excluding carboxylic acids is 1. The smallest absolute Gasteiger partial charge is 0.234 e. The van der Waals surface area contributed by atoms with Crippen LogP contribution in [0.4, 0.5) is 0 Å². The number of carbonyl (C=O) groups is 1. The monoisotopic (exact) mass is 380 g/mol. The molecule has 0 unspecified atom stereocenters. The van der Waals surface area contributed by atoms with Gasteiger partial charge in [0.2, 0.25) is 5.91 Å². The van der Waals surface area contributed by atoms with Gasteiger partial charge in [-0.15, -0.1) is 11.8 Å². The number of nitrogens with one attached hydrogen (secondary N) is 2. The van der Waals surface area contributed by atoms with Crippen molar-refractivity contribution in [1.29, 1.82) is 0 Å². The maximum absolute atomic E-state index is 12.2. The molecule has 0 spiro atoms. The van der Waals surface area contributed by atoms with Crippen molar-refractivity contribution in [3.63, 3.8) is 0 Å². The lowest BCUT2D eigenvalue weighted by atomic mass is 10.0. The summed E-state index contributed by atoms with van der Waals surface area (Å²) in [6.45, 7) is 2.94. The van der Waals surface area contributed by atoms with Crippen molar-refractivity contribution in [3.05, 3.63) is 89.9 Å². The molecule has 3 rings (SSSR count).